The molecular formula is C30H35BrN4O6S. The second-order valence-corrected chi connectivity index (χ2v) is 13.8. The van der Waals surface area contributed by atoms with E-state index in [2.05, 4.69) is 36.6 Å². The smallest absolute Gasteiger partial charge is 0.330 e. The minimum atomic E-state index is -0.994. The number of carbonyl (C=O) groups excluding carboxylic acids is 4. The lowest BCUT2D eigenvalue weighted by atomic mass is 9.54. The highest BCUT2D eigenvalue weighted by atomic mass is 79.9. The molecule has 4 aliphatic rings. The van der Waals surface area contributed by atoms with Crippen LogP contribution in [-0.4, -0.2) is 47.5 Å². The third-order valence-electron chi connectivity index (χ3n) is 8.67. The van der Waals surface area contributed by atoms with Crippen molar-refractivity contribution >= 4 is 56.6 Å². The number of methoxy groups -OCH3 is 1. The topological polar surface area (TPSA) is 136 Å². The van der Waals surface area contributed by atoms with Gasteiger partial charge in [-0.2, -0.15) is 0 Å². The maximum atomic E-state index is 13.3. The Balaban J connectivity index is 1.23. The quantitative estimate of drug-likeness (QED) is 0.248. The molecule has 4 saturated carbocycles. The highest BCUT2D eigenvalue weighted by Gasteiger charge is 2.48. The molecule has 4 fully saturated rings. The number of hydrogen-bond donors (Lipinski definition) is 3. The number of amides is 3. The van der Waals surface area contributed by atoms with Crippen molar-refractivity contribution in [1.29, 1.82) is 0 Å². The van der Waals surface area contributed by atoms with Crippen LogP contribution in [0.5, 0.6) is 0 Å². The molecule has 2 aromatic rings. The molecule has 0 radical (unpaired) electrons. The van der Waals surface area contributed by atoms with Crippen LogP contribution in [0, 0.1) is 23.7 Å². The first-order valence-corrected chi connectivity index (χ1v) is 16.0. The van der Waals surface area contributed by atoms with Crippen LogP contribution >= 0.6 is 27.3 Å². The number of pyridine rings is 1. The van der Waals surface area contributed by atoms with Gasteiger partial charge in [-0.25, -0.2) is 4.79 Å². The summed E-state index contributed by atoms with van der Waals surface area (Å²) in [6.45, 7) is -0.142. The van der Waals surface area contributed by atoms with E-state index in [0.717, 1.165) is 15.6 Å². The summed E-state index contributed by atoms with van der Waals surface area (Å²) in [5.41, 5.74) is -0.113. The molecule has 12 heteroatoms. The summed E-state index contributed by atoms with van der Waals surface area (Å²) in [7, 11) is 1.27. The third-order valence-corrected chi connectivity index (χ3v) is 10.2. The van der Waals surface area contributed by atoms with Gasteiger partial charge < -0.3 is 25.3 Å². The first kappa shape index (κ1) is 30.2. The fourth-order valence-electron chi connectivity index (χ4n) is 6.97. The molecule has 2 aromatic heterocycles. The number of ether oxygens (including phenoxy) is 1. The first-order chi connectivity index (χ1) is 20.2. The highest BCUT2D eigenvalue weighted by Crippen LogP contribution is 2.53. The summed E-state index contributed by atoms with van der Waals surface area (Å²) < 4.78 is 6.64. The maximum absolute atomic E-state index is 13.3. The average Bonchev–Trinajstić information content (AvgIpc) is 3.40. The molecule has 4 aliphatic carbocycles. The number of esters is 1. The molecule has 0 aliphatic heterocycles. The minimum Gasteiger partial charge on any atom is -0.466 e. The van der Waals surface area contributed by atoms with Crippen molar-refractivity contribution < 1.29 is 23.9 Å². The van der Waals surface area contributed by atoms with Gasteiger partial charge in [-0.05, 0) is 103 Å². The van der Waals surface area contributed by atoms with Crippen LogP contribution in [0.2, 0.25) is 0 Å². The first-order valence-electron chi connectivity index (χ1n) is 14.3. The van der Waals surface area contributed by atoms with Gasteiger partial charge in [0, 0.05) is 23.7 Å². The summed E-state index contributed by atoms with van der Waals surface area (Å²) in [6.07, 6.45) is 10.9. The van der Waals surface area contributed by atoms with Crippen molar-refractivity contribution in [1.82, 2.24) is 15.2 Å². The van der Waals surface area contributed by atoms with Crippen LogP contribution in [0.4, 0.5) is 5.69 Å². The van der Waals surface area contributed by atoms with Crippen LogP contribution in [-0.2, 0) is 25.7 Å². The number of nitrogens with one attached hydrogen (secondary N) is 3. The van der Waals surface area contributed by atoms with Crippen LogP contribution in [0.3, 0.4) is 0 Å². The second kappa shape index (κ2) is 13.4. The van der Waals surface area contributed by atoms with E-state index in [0.29, 0.717) is 23.8 Å². The van der Waals surface area contributed by atoms with Gasteiger partial charge in [0.25, 0.3) is 11.5 Å². The number of rotatable bonds is 11. The molecular weight excluding hydrogens is 624 g/mol. The lowest BCUT2D eigenvalue weighted by molar-refractivity contribution is -0.134. The van der Waals surface area contributed by atoms with Crippen molar-refractivity contribution in [3.05, 3.63) is 61.6 Å². The molecule has 1 atom stereocenters. The third kappa shape index (κ3) is 7.20. The Bertz CT molecular complexity index is 1410. The summed E-state index contributed by atoms with van der Waals surface area (Å²) in [4.78, 5) is 63.7. The maximum Gasteiger partial charge on any atom is 0.330 e. The van der Waals surface area contributed by atoms with Crippen LogP contribution in [0.15, 0.2) is 50.5 Å². The molecule has 224 valence electrons. The molecule has 6 rings (SSSR count). The van der Waals surface area contributed by atoms with E-state index in [1.165, 1.54) is 73.5 Å². The van der Waals surface area contributed by atoms with Gasteiger partial charge in [0.1, 0.15) is 18.3 Å². The lowest BCUT2D eigenvalue weighted by Crippen LogP contribution is -2.56. The predicted molar refractivity (Wildman–Crippen MR) is 162 cm³/mol. The molecule has 3 N–H and O–H groups in total. The molecule has 0 aromatic carbocycles. The SMILES string of the molecule is COC(=O)/C=C/CC[C@H](NC(=O)c1csc(Br)c1)C(=O)Nc1cccn(CC(=O)NC2C3CC4CC(C3)CC2C4)c1=O. The largest absolute Gasteiger partial charge is 0.466 e. The fraction of sp³-hybridized carbons (Fsp3) is 0.500. The van der Waals surface area contributed by atoms with Crippen molar-refractivity contribution in [2.45, 2.75) is 63.6 Å². The Morgan fingerprint density at radius 2 is 1.86 bits per heavy atom. The van der Waals surface area contributed by atoms with Crippen molar-refractivity contribution in [2.24, 2.45) is 23.7 Å². The van der Waals surface area contributed by atoms with E-state index in [9.17, 15) is 24.0 Å². The molecule has 4 bridgehead atoms. The van der Waals surface area contributed by atoms with Crippen molar-refractivity contribution in [3.8, 4) is 0 Å². The second-order valence-electron chi connectivity index (χ2n) is 11.5. The highest BCUT2D eigenvalue weighted by molar-refractivity contribution is 9.11. The van der Waals surface area contributed by atoms with Crippen molar-refractivity contribution in [3.63, 3.8) is 0 Å². The number of aromatic nitrogens is 1. The van der Waals surface area contributed by atoms with Crippen molar-refractivity contribution in [2.75, 3.05) is 12.4 Å². The van der Waals surface area contributed by atoms with E-state index in [1.807, 2.05) is 0 Å². The Morgan fingerprint density at radius 3 is 2.50 bits per heavy atom. The zero-order chi connectivity index (χ0) is 29.8. The van der Waals surface area contributed by atoms with Crippen LogP contribution < -0.4 is 21.5 Å². The van der Waals surface area contributed by atoms with E-state index >= 15 is 0 Å². The lowest BCUT2D eigenvalue weighted by Gasteiger charge is -2.54. The van der Waals surface area contributed by atoms with Crippen LogP contribution in [0.1, 0.15) is 55.3 Å². The van der Waals surface area contributed by atoms with Crippen LogP contribution in [0.25, 0.3) is 0 Å². The Morgan fingerprint density at radius 1 is 1.14 bits per heavy atom. The summed E-state index contributed by atoms with van der Waals surface area (Å²) >= 11 is 4.67. The molecule has 42 heavy (non-hydrogen) atoms. The predicted octanol–water partition coefficient (Wildman–Crippen LogP) is 3.86. The monoisotopic (exact) mass is 658 g/mol. The number of hydrogen-bond acceptors (Lipinski definition) is 7. The molecule has 3 amide bonds. The Kier molecular flexibility index (Phi) is 9.62. The minimum absolute atomic E-state index is 0.00699. The molecule has 0 unspecified atom stereocenters. The number of halogens is 1. The summed E-state index contributed by atoms with van der Waals surface area (Å²) in [5, 5.41) is 10.2. The Hall–Kier alpha value is -3.25. The standard InChI is InChI=1S/C30H35BrN4O6S/c1-41-26(37)7-3-2-5-22(32-28(38)21-14-24(31)42-16-21)29(39)33-23-6-4-8-35(30(23)40)15-25(36)34-27-19-10-17-9-18(12-19)13-20(27)11-17/h3-4,6-8,14,16-20,22,27H,2,5,9-13,15H2,1H3,(H,32,38)(H,33,39)(H,34,36)/b7-3+/t17?,18?,19?,20?,22-,27?/m0/s1. The Labute approximate surface area is 256 Å². The number of thiophene rings is 1. The van der Waals surface area contributed by atoms with Gasteiger partial charge in [0.15, 0.2) is 0 Å². The molecule has 10 nitrogen and oxygen atoms in total. The zero-order valence-corrected chi connectivity index (χ0v) is 25.7. The van der Waals surface area contributed by atoms with E-state index in [4.69, 9.17) is 0 Å². The number of anilines is 1. The number of carbonyl (C=O) groups is 4. The fourth-order valence-corrected chi connectivity index (χ4v) is 8.11. The number of nitrogens with zero attached hydrogens (tertiary/aromatic N) is 1. The zero-order valence-electron chi connectivity index (χ0n) is 23.3. The summed E-state index contributed by atoms with van der Waals surface area (Å²) in [5.74, 6) is 0.886. The van der Waals surface area contributed by atoms with E-state index < -0.39 is 29.4 Å². The summed E-state index contributed by atoms with van der Waals surface area (Å²) in [6, 6.07) is 3.90. The average molecular weight is 660 g/mol. The van der Waals surface area contributed by atoms with Gasteiger partial charge in [0.2, 0.25) is 11.8 Å². The van der Waals surface area contributed by atoms with E-state index in [-0.39, 0.29) is 30.6 Å². The van der Waals surface area contributed by atoms with Gasteiger partial charge in [0.05, 0.1) is 16.5 Å². The van der Waals surface area contributed by atoms with Gasteiger partial charge in [-0.3, -0.25) is 19.2 Å². The normalized spacial score (nSPS) is 24.8. The van der Waals surface area contributed by atoms with E-state index in [1.54, 1.807) is 23.6 Å². The molecule has 0 spiro atoms. The molecule has 0 saturated heterocycles. The van der Waals surface area contributed by atoms with Gasteiger partial charge in [-0.1, -0.05) is 6.08 Å². The van der Waals surface area contributed by atoms with Gasteiger partial charge in [-0.15, -0.1) is 11.3 Å². The molecule has 2 heterocycles. The van der Waals surface area contributed by atoms with Gasteiger partial charge >= 0.3 is 5.97 Å². The number of allylic oxidation sites excluding steroid dienone is 1.